The molecule has 1 amide bonds. The standard InChI is InChI=1S/C26H30FN5O3/c1-26(2,3)35-25(34)32-13-11-31(12-14-32)16-17-7-6-9-18(23(17)27)20-15-21(29-30-24(20)28)19-8-4-5-10-22(19)33/h4-10,15,33H,11-14,16H2,1-3H3,(H2,28,30). The van der Waals surface area contributed by atoms with Gasteiger partial charge in [-0.15, -0.1) is 10.2 Å². The van der Waals surface area contributed by atoms with Crippen molar-refractivity contribution in [3.8, 4) is 28.1 Å². The molecule has 4 rings (SSSR count). The van der Waals surface area contributed by atoms with Crippen molar-refractivity contribution in [2.24, 2.45) is 0 Å². The van der Waals surface area contributed by atoms with Crippen LogP contribution in [-0.2, 0) is 11.3 Å². The molecule has 2 heterocycles. The van der Waals surface area contributed by atoms with Crippen LogP contribution in [0.1, 0.15) is 26.3 Å². The molecule has 1 aliphatic heterocycles. The second-order valence-electron chi connectivity index (χ2n) is 9.57. The number of phenols is 1. The van der Waals surface area contributed by atoms with E-state index in [1.165, 1.54) is 0 Å². The van der Waals surface area contributed by atoms with Gasteiger partial charge in [0.2, 0.25) is 0 Å². The average Bonchev–Trinajstić information content (AvgIpc) is 2.81. The fourth-order valence-electron chi connectivity index (χ4n) is 4.00. The number of rotatable bonds is 4. The topological polar surface area (TPSA) is 105 Å². The van der Waals surface area contributed by atoms with E-state index in [1.807, 2.05) is 20.8 Å². The Morgan fingerprint density at radius 3 is 2.40 bits per heavy atom. The van der Waals surface area contributed by atoms with E-state index in [2.05, 4.69) is 15.1 Å². The number of aromatic hydroxyl groups is 1. The number of hydrogen-bond donors (Lipinski definition) is 2. The molecule has 0 atom stereocenters. The summed E-state index contributed by atoms with van der Waals surface area (Å²) >= 11 is 0. The zero-order valence-corrected chi connectivity index (χ0v) is 20.2. The Labute approximate surface area is 204 Å². The lowest BCUT2D eigenvalue weighted by molar-refractivity contribution is 0.0138. The molecule has 0 aliphatic carbocycles. The van der Waals surface area contributed by atoms with Gasteiger partial charge in [0.25, 0.3) is 0 Å². The van der Waals surface area contributed by atoms with Crippen molar-refractivity contribution < 1.29 is 19.0 Å². The summed E-state index contributed by atoms with van der Waals surface area (Å²) in [6.45, 7) is 8.17. The predicted molar refractivity (Wildman–Crippen MR) is 132 cm³/mol. The summed E-state index contributed by atoms with van der Waals surface area (Å²) in [6, 6.07) is 13.6. The number of halogens is 1. The van der Waals surface area contributed by atoms with Gasteiger partial charge in [0.15, 0.2) is 5.82 Å². The van der Waals surface area contributed by atoms with E-state index in [1.54, 1.807) is 53.4 Å². The molecule has 3 aromatic rings. The van der Waals surface area contributed by atoms with Gasteiger partial charge < -0.3 is 20.5 Å². The molecule has 9 heteroatoms. The molecule has 1 aromatic heterocycles. The predicted octanol–water partition coefficient (Wildman–Crippen LogP) is 4.29. The fraction of sp³-hybridized carbons (Fsp3) is 0.346. The highest BCUT2D eigenvalue weighted by molar-refractivity contribution is 5.79. The third kappa shape index (κ3) is 5.68. The molecule has 2 aromatic carbocycles. The maximum Gasteiger partial charge on any atom is 0.410 e. The fourth-order valence-corrected chi connectivity index (χ4v) is 4.00. The van der Waals surface area contributed by atoms with Gasteiger partial charge in [-0.1, -0.05) is 30.3 Å². The van der Waals surface area contributed by atoms with Crippen molar-refractivity contribution >= 4 is 11.9 Å². The second kappa shape index (κ2) is 9.87. The Balaban J connectivity index is 1.51. The quantitative estimate of drug-likeness (QED) is 0.575. The summed E-state index contributed by atoms with van der Waals surface area (Å²) < 4.78 is 21.1. The number of amides is 1. The molecule has 35 heavy (non-hydrogen) atoms. The van der Waals surface area contributed by atoms with Crippen LogP contribution in [0.3, 0.4) is 0 Å². The van der Waals surface area contributed by atoms with Crippen LogP contribution in [0.2, 0.25) is 0 Å². The third-order valence-electron chi connectivity index (χ3n) is 5.79. The highest BCUT2D eigenvalue weighted by atomic mass is 19.1. The number of carbonyl (C=O) groups is 1. The Kier molecular flexibility index (Phi) is 6.88. The zero-order chi connectivity index (χ0) is 25.2. The molecule has 0 saturated carbocycles. The minimum absolute atomic E-state index is 0.0530. The number of phenolic OH excluding ortho intramolecular Hbond substituents is 1. The van der Waals surface area contributed by atoms with E-state index in [-0.39, 0.29) is 23.5 Å². The monoisotopic (exact) mass is 479 g/mol. The van der Waals surface area contributed by atoms with Crippen LogP contribution in [-0.4, -0.2) is 63.0 Å². The number of ether oxygens (including phenoxy) is 1. The number of nitrogens with two attached hydrogens (primary N) is 1. The summed E-state index contributed by atoms with van der Waals surface area (Å²) in [4.78, 5) is 16.1. The highest BCUT2D eigenvalue weighted by Crippen LogP contribution is 2.34. The van der Waals surface area contributed by atoms with Gasteiger partial charge in [0.05, 0.1) is 5.69 Å². The number of anilines is 1. The van der Waals surface area contributed by atoms with Crippen LogP contribution in [0.4, 0.5) is 15.0 Å². The molecule has 0 radical (unpaired) electrons. The lowest BCUT2D eigenvalue weighted by Gasteiger charge is -2.35. The van der Waals surface area contributed by atoms with Crippen LogP contribution in [0, 0.1) is 5.82 Å². The molecule has 3 N–H and O–H groups in total. The summed E-state index contributed by atoms with van der Waals surface area (Å²) in [5.41, 5.74) is 7.66. The van der Waals surface area contributed by atoms with Gasteiger partial charge in [0.1, 0.15) is 17.2 Å². The molecule has 0 unspecified atom stereocenters. The molecule has 8 nitrogen and oxygen atoms in total. The van der Waals surface area contributed by atoms with E-state index in [0.29, 0.717) is 60.7 Å². The molecule has 0 spiro atoms. The summed E-state index contributed by atoms with van der Waals surface area (Å²) in [6.07, 6.45) is -0.328. The van der Waals surface area contributed by atoms with E-state index < -0.39 is 5.60 Å². The van der Waals surface area contributed by atoms with Gasteiger partial charge >= 0.3 is 6.09 Å². The maximum absolute atomic E-state index is 15.6. The molecule has 0 bridgehead atoms. The van der Waals surface area contributed by atoms with Crippen LogP contribution in [0.25, 0.3) is 22.4 Å². The van der Waals surface area contributed by atoms with E-state index in [0.717, 1.165) is 0 Å². The van der Waals surface area contributed by atoms with Crippen LogP contribution < -0.4 is 5.73 Å². The molecule has 1 fully saturated rings. The van der Waals surface area contributed by atoms with Gasteiger partial charge in [0, 0.05) is 55.0 Å². The first-order chi connectivity index (χ1) is 16.6. The van der Waals surface area contributed by atoms with Crippen molar-refractivity contribution in [3.63, 3.8) is 0 Å². The van der Waals surface area contributed by atoms with Gasteiger partial charge in [-0.2, -0.15) is 0 Å². The van der Waals surface area contributed by atoms with Crippen LogP contribution in [0.15, 0.2) is 48.5 Å². The Bertz CT molecular complexity index is 1220. The Morgan fingerprint density at radius 2 is 1.71 bits per heavy atom. The van der Waals surface area contributed by atoms with Crippen LogP contribution in [0.5, 0.6) is 5.75 Å². The minimum atomic E-state index is -0.541. The second-order valence-corrected chi connectivity index (χ2v) is 9.57. The number of piperazine rings is 1. The molecular weight excluding hydrogens is 449 g/mol. The van der Waals surface area contributed by atoms with Crippen LogP contribution >= 0.6 is 0 Å². The Morgan fingerprint density at radius 1 is 1.03 bits per heavy atom. The van der Waals surface area contributed by atoms with Crippen molar-refractivity contribution in [2.45, 2.75) is 32.9 Å². The van der Waals surface area contributed by atoms with Crippen molar-refractivity contribution in [2.75, 3.05) is 31.9 Å². The molecule has 184 valence electrons. The summed E-state index contributed by atoms with van der Waals surface area (Å²) in [7, 11) is 0. The molecular formula is C26H30FN5O3. The first kappa shape index (κ1) is 24.4. The van der Waals surface area contributed by atoms with Gasteiger partial charge in [-0.05, 0) is 39.0 Å². The highest BCUT2D eigenvalue weighted by Gasteiger charge is 2.26. The third-order valence-corrected chi connectivity index (χ3v) is 5.79. The number of carbonyl (C=O) groups excluding carboxylic acids is 1. The number of nitrogens with zero attached hydrogens (tertiary/aromatic N) is 4. The normalized spacial score (nSPS) is 14.7. The smallest absolute Gasteiger partial charge is 0.410 e. The lowest BCUT2D eigenvalue weighted by atomic mass is 10.0. The first-order valence-corrected chi connectivity index (χ1v) is 11.5. The number of benzene rings is 2. The SMILES string of the molecule is CC(C)(C)OC(=O)N1CCN(Cc2cccc(-c3cc(-c4ccccc4O)nnc3N)c2F)CC1. The average molecular weight is 480 g/mol. The Hall–Kier alpha value is -3.72. The van der Waals surface area contributed by atoms with Gasteiger partial charge in [-0.25, -0.2) is 9.18 Å². The largest absolute Gasteiger partial charge is 0.507 e. The molecule has 1 aliphatic rings. The van der Waals surface area contributed by atoms with Crippen molar-refractivity contribution in [3.05, 3.63) is 59.9 Å². The van der Waals surface area contributed by atoms with Crippen molar-refractivity contribution in [1.29, 1.82) is 0 Å². The lowest BCUT2D eigenvalue weighted by Crippen LogP contribution is -2.49. The van der Waals surface area contributed by atoms with E-state index in [9.17, 15) is 9.90 Å². The number of aromatic nitrogens is 2. The minimum Gasteiger partial charge on any atom is -0.507 e. The summed E-state index contributed by atoms with van der Waals surface area (Å²) in [5.74, 6) is -0.228. The van der Waals surface area contributed by atoms with Crippen molar-refractivity contribution in [1.82, 2.24) is 20.0 Å². The van der Waals surface area contributed by atoms with Gasteiger partial charge in [-0.3, -0.25) is 4.90 Å². The summed E-state index contributed by atoms with van der Waals surface area (Å²) in [5, 5.41) is 18.2. The maximum atomic E-state index is 15.6. The number of nitrogen functional groups attached to an aromatic ring is 1. The van der Waals surface area contributed by atoms with E-state index in [4.69, 9.17) is 10.5 Å². The molecule has 1 saturated heterocycles. The zero-order valence-electron chi connectivity index (χ0n) is 20.2. The number of hydrogen-bond acceptors (Lipinski definition) is 7. The number of para-hydroxylation sites is 1. The first-order valence-electron chi connectivity index (χ1n) is 11.5. The van der Waals surface area contributed by atoms with E-state index >= 15 is 4.39 Å².